The van der Waals surface area contributed by atoms with E-state index in [4.69, 9.17) is 19.2 Å². The summed E-state index contributed by atoms with van der Waals surface area (Å²) in [6.45, 7) is 4.51. The van der Waals surface area contributed by atoms with Crippen molar-refractivity contribution in [1.82, 2.24) is 9.55 Å². The standard InChI is InChI=1S/C28H35N3O4/c1-5-6-7-8-9-12-17-35-27(32)25-19(2)29-28-30-22-13-10-11-14-23(22)31(28)26(25)21-16-15-20(33-3)18-24(21)34-4/h10-11,13-16,18,26H,5-9,12,17H2,1-4H3,(H,29,30)/t26-/m0/s1. The summed E-state index contributed by atoms with van der Waals surface area (Å²) >= 11 is 0. The molecule has 1 atom stereocenters. The third kappa shape index (κ3) is 5.14. The van der Waals surface area contributed by atoms with Crippen LogP contribution in [-0.4, -0.2) is 36.3 Å². The molecule has 186 valence electrons. The van der Waals surface area contributed by atoms with E-state index in [1.54, 1.807) is 14.2 Å². The van der Waals surface area contributed by atoms with Crippen molar-refractivity contribution in [1.29, 1.82) is 0 Å². The number of rotatable bonds is 11. The van der Waals surface area contributed by atoms with E-state index in [1.807, 2.05) is 54.0 Å². The van der Waals surface area contributed by atoms with Crippen LogP contribution in [0.25, 0.3) is 11.0 Å². The van der Waals surface area contributed by atoms with Crippen LogP contribution in [0.2, 0.25) is 0 Å². The van der Waals surface area contributed by atoms with Gasteiger partial charge in [-0.25, -0.2) is 9.78 Å². The largest absolute Gasteiger partial charge is 0.497 e. The second kappa shape index (κ2) is 11.3. The molecule has 0 saturated heterocycles. The maximum atomic E-state index is 13.5. The van der Waals surface area contributed by atoms with Crippen molar-refractivity contribution < 1.29 is 19.0 Å². The van der Waals surface area contributed by atoms with Crippen molar-refractivity contribution in [3.63, 3.8) is 0 Å². The topological polar surface area (TPSA) is 74.6 Å². The van der Waals surface area contributed by atoms with Gasteiger partial charge in [-0.1, -0.05) is 51.2 Å². The first-order chi connectivity index (χ1) is 17.1. The Bertz CT molecular complexity index is 1210. The number of hydrogen-bond donors (Lipinski definition) is 1. The summed E-state index contributed by atoms with van der Waals surface area (Å²) in [6, 6.07) is 13.1. The third-order valence-electron chi connectivity index (χ3n) is 6.52. The molecule has 4 rings (SSSR count). The Labute approximate surface area is 207 Å². The van der Waals surface area contributed by atoms with Crippen molar-refractivity contribution in [3.8, 4) is 11.5 Å². The number of nitrogens with zero attached hydrogens (tertiary/aromatic N) is 2. The summed E-state index contributed by atoms with van der Waals surface area (Å²) in [7, 11) is 3.24. The highest BCUT2D eigenvalue weighted by atomic mass is 16.5. The number of benzene rings is 2. The van der Waals surface area contributed by atoms with Crippen LogP contribution in [-0.2, 0) is 9.53 Å². The quantitative estimate of drug-likeness (QED) is 0.260. The lowest BCUT2D eigenvalue weighted by atomic mass is 9.94. The highest BCUT2D eigenvalue weighted by Crippen LogP contribution is 2.43. The summed E-state index contributed by atoms with van der Waals surface area (Å²) in [4.78, 5) is 18.3. The van der Waals surface area contributed by atoms with Crippen LogP contribution >= 0.6 is 0 Å². The highest BCUT2D eigenvalue weighted by Gasteiger charge is 2.36. The molecule has 1 aliphatic heterocycles. The zero-order chi connectivity index (χ0) is 24.8. The Morgan fingerprint density at radius 1 is 1.03 bits per heavy atom. The minimum Gasteiger partial charge on any atom is -0.497 e. The molecule has 0 saturated carbocycles. The van der Waals surface area contributed by atoms with Crippen molar-refractivity contribution in [2.75, 3.05) is 26.1 Å². The number of methoxy groups -OCH3 is 2. The fraction of sp³-hybridized carbons (Fsp3) is 0.429. The maximum absolute atomic E-state index is 13.5. The zero-order valence-electron chi connectivity index (χ0n) is 21.1. The van der Waals surface area contributed by atoms with Gasteiger partial charge < -0.3 is 19.5 Å². The first kappa shape index (κ1) is 24.6. The van der Waals surface area contributed by atoms with E-state index in [1.165, 1.54) is 25.7 Å². The number of carbonyl (C=O) groups excluding carboxylic acids is 1. The van der Waals surface area contributed by atoms with E-state index >= 15 is 0 Å². The maximum Gasteiger partial charge on any atom is 0.338 e. The number of anilines is 1. The van der Waals surface area contributed by atoms with Gasteiger partial charge in [0.25, 0.3) is 0 Å². The molecule has 0 bridgehead atoms. The molecule has 1 N–H and O–H groups in total. The molecule has 1 aromatic heterocycles. The molecule has 0 unspecified atom stereocenters. The number of esters is 1. The molecule has 0 radical (unpaired) electrons. The number of allylic oxidation sites excluding steroid dienone is 1. The van der Waals surface area contributed by atoms with Crippen molar-refractivity contribution in [3.05, 3.63) is 59.3 Å². The molecule has 1 aliphatic rings. The molecule has 0 fully saturated rings. The second-order valence-electron chi connectivity index (χ2n) is 8.87. The van der Waals surface area contributed by atoms with Gasteiger partial charge in [0.1, 0.15) is 11.5 Å². The lowest BCUT2D eigenvalue weighted by molar-refractivity contribution is -0.139. The average Bonchev–Trinajstić information content (AvgIpc) is 3.24. The molecule has 0 spiro atoms. The summed E-state index contributed by atoms with van der Waals surface area (Å²) in [5.41, 5.74) is 3.89. The SMILES string of the molecule is CCCCCCCCOC(=O)C1=C(C)Nc2nc3ccccc3n2[C@H]1c1ccc(OC)cc1OC. The lowest BCUT2D eigenvalue weighted by Crippen LogP contribution is -2.29. The van der Waals surface area contributed by atoms with E-state index in [2.05, 4.69) is 12.2 Å². The number of unbranched alkanes of at least 4 members (excludes halogenated alkanes) is 5. The molecule has 7 nitrogen and oxygen atoms in total. The van der Waals surface area contributed by atoms with Crippen LogP contribution in [0, 0.1) is 0 Å². The number of ether oxygens (including phenoxy) is 3. The molecular weight excluding hydrogens is 442 g/mol. The van der Waals surface area contributed by atoms with Crippen LogP contribution < -0.4 is 14.8 Å². The molecule has 0 amide bonds. The second-order valence-corrected chi connectivity index (χ2v) is 8.87. The van der Waals surface area contributed by atoms with Gasteiger partial charge in [-0.3, -0.25) is 4.57 Å². The van der Waals surface area contributed by atoms with E-state index in [9.17, 15) is 4.79 Å². The van der Waals surface area contributed by atoms with Crippen molar-refractivity contribution >= 4 is 23.0 Å². The number of nitrogens with one attached hydrogen (secondary N) is 1. The van der Waals surface area contributed by atoms with Gasteiger partial charge in [0.15, 0.2) is 0 Å². The Hall–Kier alpha value is -3.48. The van der Waals surface area contributed by atoms with E-state index < -0.39 is 6.04 Å². The van der Waals surface area contributed by atoms with Gasteiger partial charge >= 0.3 is 5.97 Å². The first-order valence-corrected chi connectivity index (χ1v) is 12.4. The Balaban J connectivity index is 1.69. The molecular formula is C28H35N3O4. The number of aromatic nitrogens is 2. The van der Waals surface area contributed by atoms with Gasteiger partial charge in [0.2, 0.25) is 5.95 Å². The summed E-state index contributed by atoms with van der Waals surface area (Å²) in [5, 5.41) is 3.33. The Morgan fingerprint density at radius 3 is 2.57 bits per heavy atom. The fourth-order valence-corrected chi connectivity index (χ4v) is 4.69. The van der Waals surface area contributed by atoms with E-state index in [0.29, 0.717) is 29.6 Å². The lowest BCUT2D eigenvalue weighted by Gasteiger charge is -2.31. The predicted octanol–water partition coefficient (Wildman–Crippen LogP) is 6.25. The molecule has 35 heavy (non-hydrogen) atoms. The Morgan fingerprint density at radius 2 is 1.80 bits per heavy atom. The predicted molar refractivity (Wildman–Crippen MR) is 138 cm³/mol. The molecule has 3 aromatic rings. The van der Waals surface area contributed by atoms with Gasteiger partial charge in [-0.05, 0) is 37.6 Å². The fourth-order valence-electron chi connectivity index (χ4n) is 4.69. The molecule has 2 aromatic carbocycles. The van der Waals surface area contributed by atoms with E-state index in [-0.39, 0.29) is 5.97 Å². The summed E-state index contributed by atoms with van der Waals surface area (Å²) in [5.74, 6) is 1.67. The van der Waals surface area contributed by atoms with Crippen LogP contribution in [0.15, 0.2) is 53.7 Å². The monoisotopic (exact) mass is 477 g/mol. The Kier molecular flexibility index (Phi) is 7.95. The minimum absolute atomic E-state index is 0.324. The highest BCUT2D eigenvalue weighted by molar-refractivity contribution is 5.94. The average molecular weight is 478 g/mol. The normalized spacial score (nSPS) is 15.0. The molecule has 2 heterocycles. The number of para-hydroxylation sites is 2. The van der Waals surface area contributed by atoms with Crippen molar-refractivity contribution in [2.24, 2.45) is 0 Å². The number of fused-ring (bicyclic) bond motifs is 3. The van der Waals surface area contributed by atoms with Gasteiger partial charge in [-0.15, -0.1) is 0 Å². The minimum atomic E-state index is -0.462. The third-order valence-corrected chi connectivity index (χ3v) is 6.52. The number of imidazole rings is 1. The van der Waals surface area contributed by atoms with Gasteiger partial charge in [0, 0.05) is 17.3 Å². The summed E-state index contributed by atoms with van der Waals surface area (Å²) < 4.78 is 19.0. The van der Waals surface area contributed by atoms with Crippen molar-refractivity contribution in [2.45, 2.75) is 58.4 Å². The van der Waals surface area contributed by atoms with E-state index in [0.717, 1.165) is 35.1 Å². The molecule has 0 aliphatic carbocycles. The number of carbonyl (C=O) groups is 1. The van der Waals surface area contributed by atoms with Gasteiger partial charge in [0.05, 0.1) is 43.5 Å². The van der Waals surface area contributed by atoms with Gasteiger partial charge in [-0.2, -0.15) is 0 Å². The zero-order valence-corrected chi connectivity index (χ0v) is 21.1. The molecule has 7 heteroatoms. The first-order valence-electron chi connectivity index (χ1n) is 12.4. The van der Waals surface area contributed by atoms with Crippen LogP contribution in [0.4, 0.5) is 5.95 Å². The van der Waals surface area contributed by atoms with Crippen LogP contribution in [0.3, 0.4) is 0 Å². The summed E-state index contributed by atoms with van der Waals surface area (Å²) in [6.07, 6.45) is 6.81. The number of hydrogen-bond acceptors (Lipinski definition) is 6. The van der Waals surface area contributed by atoms with Crippen LogP contribution in [0.1, 0.15) is 64.0 Å². The smallest absolute Gasteiger partial charge is 0.338 e. The van der Waals surface area contributed by atoms with Crippen LogP contribution in [0.5, 0.6) is 11.5 Å².